The van der Waals surface area contributed by atoms with Gasteiger partial charge in [0.25, 0.3) is 0 Å². The third kappa shape index (κ3) is 5.43. The summed E-state index contributed by atoms with van der Waals surface area (Å²) in [5.74, 6) is -0.177. The predicted octanol–water partition coefficient (Wildman–Crippen LogP) is 5.84. The number of carboxylic acids is 1. The van der Waals surface area contributed by atoms with Crippen LogP contribution in [0.2, 0.25) is 10.0 Å². The Balaban J connectivity index is 1.34. The molecule has 7 heteroatoms. The molecule has 3 aromatic carbocycles. The molecule has 0 fully saturated rings. The number of nitrogens with one attached hydrogen (secondary N) is 2. The third-order valence-electron chi connectivity index (χ3n) is 5.28. The zero-order chi connectivity index (χ0) is 22.5. The van der Waals surface area contributed by atoms with Crippen LogP contribution in [0.25, 0.3) is 10.9 Å². The van der Waals surface area contributed by atoms with E-state index in [1.54, 1.807) is 12.1 Å². The molecule has 0 aliphatic rings. The number of carbonyl (C=O) groups is 1. The maximum absolute atomic E-state index is 11.8. The van der Waals surface area contributed by atoms with E-state index in [2.05, 4.69) is 10.3 Å². The SMILES string of the molecule is O=C(O)C(Cc1c[nH]c2ccccc12)NCc1ccc(OCc2ccc(Cl)cc2Cl)cc1. The molecule has 1 heterocycles. The van der Waals surface area contributed by atoms with Crippen molar-refractivity contribution >= 4 is 40.1 Å². The number of para-hydroxylation sites is 1. The lowest BCUT2D eigenvalue weighted by Crippen LogP contribution is -2.38. The van der Waals surface area contributed by atoms with E-state index in [0.717, 1.165) is 27.6 Å². The van der Waals surface area contributed by atoms with Crippen molar-refractivity contribution < 1.29 is 14.6 Å². The lowest BCUT2D eigenvalue weighted by molar-refractivity contribution is -0.139. The molecule has 164 valence electrons. The summed E-state index contributed by atoms with van der Waals surface area (Å²) >= 11 is 12.1. The molecule has 1 unspecified atom stereocenters. The predicted molar refractivity (Wildman–Crippen MR) is 128 cm³/mol. The van der Waals surface area contributed by atoms with E-state index in [1.165, 1.54) is 0 Å². The Bertz CT molecular complexity index is 1220. The van der Waals surface area contributed by atoms with Gasteiger partial charge in [0, 0.05) is 45.7 Å². The Kier molecular flexibility index (Phi) is 7.00. The quantitative estimate of drug-likeness (QED) is 0.288. The van der Waals surface area contributed by atoms with E-state index in [1.807, 2.05) is 60.8 Å². The molecule has 0 spiro atoms. The molecule has 4 aromatic rings. The van der Waals surface area contributed by atoms with Crippen LogP contribution >= 0.6 is 23.2 Å². The van der Waals surface area contributed by atoms with E-state index < -0.39 is 12.0 Å². The van der Waals surface area contributed by atoms with E-state index in [-0.39, 0.29) is 0 Å². The standard InChI is InChI=1S/C25H22Cl2N2O3/c26-19-8-7-17(22(27)12-19)15-32-20-9-5-16(6-10-20)13-28-24(25(30)31)11-18-14-29-23-4-2-1-3-21(18)23/h1-10,12,14,24,28-29H,11,13,15H2,(H,30,31). The molecule has 3 N–H and O–H groups in total. The number of aliphatic carboxylic acids is 1. The zero-order valence-corrected chi connectivity index (χ0v) is 18.7. The van der Waals surface area contributed by atoms with Crippen LogP contribution in [0, 0.1) is 0 Å². The fourth-order valence-electron chi connectivity index (χ4n) is 3.51. The molecule has 0 saturated carbocycles. The van der Waals surface area contributed by atoms with Crippen molar-refractivity contribution in [1.29, 1.82) is 0 Å². The molecule has 1 aromatic heterocycles. The molecule has 1 atom stereocenters. The summed E-state index contributed by atoms with van der Waals surface area (Å²) in [7, 11) is 0. The Hall–Kier alpha value is -2.99. The number of ether oxygens (including phenoxy) is 1. The molecular formula is C25H22Cl2N2O3. The Morgan fingerprint density at radius 3 is 2.56 bits per heavy atom. The van der Waals surface area contributed by atoms with Crippen LogP contribution in [-0.2, 0) is 24.4 Å². The summed E-state index contributed by atoms with van der Waals surface area (Å²) in [6.45, 7) is 0.766. The van der Waals surface area contributed by atoms with Crippen molar-refractivity contribution in [1.82, 2.24) is 10.3 Å². The largest absolute Gasteiger partial charge is 0.489 e. The molecule has 0 aliphatic heterocycles. The second-order valence-electron chi connectivity index (χ2n) is 7.50. The van der Waals surface area contributed by atoms with Crippen LogP contribution in [0.3, 0.4) is 0 Å². The highest BCUT2D eigenvalue weighted by Crippen LogP contribution is 2.23. The highest BCUT2D eigenvalue weighted by atomic mass is 35.5. The third-order valence-corrected chi connectivity index (χ3v) is 5.87. The van der Waals surface area contributed by atoms with Gasteiger partial charge in [0.05, 0.1) is 0 Å². The molecule has 0 radical (unpaired) electrons. The average molecular weight is 469 g/mol. The molecule has 5 nitrogen and oxygen atoms in total. The van der Waals surface area contributed by atoms with Crippen molar-refractivity contribution in [2.45, 2.75) is 25.6 Å². The Labute approximate surface area is 195 Å². The second kappa shape index (κ2) is 10.1. The van der Waals surface area contributed by atoms with Crippen LogP contribution in [0.15, 0.2) is 72.9 Å². The van der Waals surface area contributed by atoms with Crippen molar-refractivity contribution in [3.63, 3.8) is 0 Å². The van der Waals surface area contributed by atoms with E-state index in [4.69, 9.17) is 27.9 Å². The number of H-pyrrole nitrogens is 1. The lowest BCUT2D eigenvalue weighted by atomic mass is 10.0. The van der Waals surface area contributed by atoms with Crippen molar-refractivity contribution in [3.8, 4) is 5.75 Å². The van der Waals surface area contributed by atoms with Crippen LogP contribution in [-0.4, -0.2) is 22.1 Å². The number of hydrogen-bond acceptors (Lipinski definition) is 3. The van der Waals surface area contributed by atoms with E-state index >= 15 is 0 Å². The molecule has 0 aliphatic carbocycles. The molecule has 4 rings (SSSR count). The van der Waals surface area contributed by atoms with Gasteiger partial charge in [-0.2, -0.15) is 0 Å². The summed E-state index contributed by atoms with van der Waals surface area (Å²) in [5, 5.41) is 15.0. The summed E-state index contributed by atoms with van der Waals surface area (Å²) in [6, 6.07) is 20.0. The Morgan fingerprint density at radius 1 is 1.03 bits per heavy atom. The van der Waals surface area contributed by atoms with E-state index in [0.29, 0.717) is 35.4 Å². The minimum Gasteiger partial charge on any atom is -0.489 e. The maximum atomic E-state index is 11.8. The minimum atomic E-state index is -0.880. The zero-order valence-electron chi connectivity index (χ0n) is 17.1. The van der Waals surface area contributed by atoms with Crippen molar-refractivity contribution in [2.24, 2.45) is 0 Å². The van der Waals surface area contributed by atoms with Gasteiger partial charge in [0.15, 0.2) is 0 Å². The number of carboxylic acid groups (broad SMARTS) is 1. The highest BCUT2D eigenvalue weighted by molar-refractivity contribution is 6.35. The first kappa shape index (κ1) is 22.2. The number of fused-ring (bicyclic) bond motifs is 1. The molecule has 0 bridgehead atoms. The summed E-state index contributed by atoms with van der Waals surface area (Å²) in [6.07, 6.45) is 2.27. The van der Waals surface area contributed by atoms with Gasteiger partial charge in [0.2, 0.25) is 0 Å². The number of aromatic nitrogens is 1. The number of benzene rings is 3. The second-order valence-corrected chi connectivity index (χ2v) is 8.35. The lowest BCUT2D eigenvalue weighted by Gasteiger charge is -2.15. The van der Waals surface area contributed by atoms with Gasteiger partial charge in [-0.15, -0.1) is 0 Å². The topological polar surface area (TPSA) is 74.3 Å². The molecular weight excluding hydrogens is 447 g/mol. The van der Waals surface area contributed by atoms with Gasteiger partial charge in [-0.05, 0) is 41.5 Å². The van der Waals surface area contributed by atoms with Crippen molar-refractivity contribution in [2.75, 3.05) is 0 Å². The molecule has 0 saturated heterocycles. The summed E-state index contributed by atoms with van der Waals surface area (Å²) in [4.78, 5) is 15.0. The number of rotatable bonds is 9. The first-order chi connectivity index (χ1) is 15.5. The highest BCUT2D eigenvalue weighted by Gasteiger charge is 2.19. The summed E-state index contributed by atoms with van der Waals surface area (Å²) in [5.41, 5.74) is 3.79. The summed E-state index contributed by atoms with van der Waals surface area (Å²) < 4.78 is 5.80. The van der Waals surface area contributed by atoms with Gasteiger partial charge < -0.3 is 20.1 Å². The number of aromatic amines is 1. The van der Waals surface area contributed by atoms with Crippen LogP contribution in [0.5, 0.6) is 5.75 Å². The van der Waals surface area contributed by atoms with E-state index in [9.17, 15) is 9.90 Å². The molecule has 32 heavy (non-hydrogen) atoms. The number of halogens is 2. The normalized spacial score (nSPS) is 12.1. The smallest absolute Gasteiger partial charge is 0.321 e. The molecule has 0 amide bonds. The maximum Gasteiger partial charge on any atom is 0.321 e. The van der Waals surface area contributed by atoms with Gasteiger partial charge in [-0.3, -0.25) is 4.79 Å². The van der Waals surface area contributed by atoms with Crippen molar-refractivity contribution in [3.05, 3.63) is 99.7 Å². The average Bonchev–Trinajstić information content (AvgIpc) is 3.19. The van der Waals surface area contributed by atoms with Gasteiger partial charge >= 0.3 is 5.97 Å². The van der Waals surface area contributed by atoms with Crippen LogP contribution < -0.4 is 10.1 Å². The monoisotopic (exact) mass is 468 g/mol. The van der Waals surface area contributed by atoms with Crippen LogP contribution in [0.4, 0.5) is 0 Å². The number of hydrogen-bond donors (Lipinski definition) is 3. The first-order valence-corrected chi connectivity index (χ1v) is 10.9. The fourth-order valence-corrected chi connectivity index (χ4v) is 3.97. The van der Waals surface area contributed by atoms with Crippen LogP contribution in [0.1, 0.15) is 16.7 Å². The first-order valence-electron chi connectivity index (χ1n) is 10.2. The van der Waals surface area contributed by atoms with Gasteiger partial charge in [0.1, 0.15) is 18.4 Å². The minimum absolute atomic E-state index is 0.333. The fraction of sp³-hybridized carbons (Fsp3) is 0.160. The van der Waals surface area contributed by atoms with Gasteiger partial charge in [-0.25, -0.2) is 0 Å². The Morgan fingerprint density at radius 2 is 1.81 bits per heavy atom. The van der Waals surface area contributed by atoms with Gasteiger partial charge in [-0.1, -0.05) is 59.6 Å².